The van der Waals surface area contributed by atoms with Crippen molar-refractivity contribution in [3.8, 4) is 0 Å². The minimum atomic E-state index is -0.366. The van der Waals surface area contributed by atoms with Gasteiger partial charge in [0.25, 0.3) is 0 Å². The summed E-state index contributed by atoms with van der Waals surface area (Å²) in [4.78, 5) is 16.7. The Morgan fingerprint density at radius 1 is 1.18 bits per heavy atom. The first-order valence-electron chi connectivity index (χ1n) is 7.38. The maximum atomic E-state index is 12.2. The van der Waals surface area contributed by atoms with Gasteiger partial charge in [-0.2, -0.15) is 0 Å². The maximum absolute atomic E-state index is 12.2. The van der Waals surface area contributed by atoms with Crippen molar-refractivity contribution in [3.63, 3.8) is 0 Å². The number of imidazole rings is 1. The van der Waals surface area contributed by atoms with E-state index in [1.54, 1.807) is 6.92 Å². The summed E-state index contributed by atoms with van der Waals surface area (Å²) >= 11 is 0. The first-order chi connectivity index (χ1) is 10.7. The van der Waals surface area contributed by atoms with Gasteiger partial charge in [-0.05, 0) is 37.1 Å². The molecular weight excluding hydrogens is 276 g/mol. The lowest BCUT2D eigenvalue weighted by Crippen LogP contribution is -2.09. The fourth-order valence-electron chi connectivity index (χ4n) is 2.57. The molecule has 0 N–H and O–H groups in total. The Bertz CT molecular complexity index is 821. The number of nitrogens with zero attached hydrogens (tertiary/aromatic N) is 2. The lowest BCUT2D eigenvalue weighted by molar-refractivity contribution is 0.0519. The summed E-state index contributed by atoms with van der Waals surface area (Å²) in [5.74, 6) is -0.366. The van der Waals surface area contributed by atoms with Gasteiger partial charge < -0.3 is 9.14 Å². The molecule has 0 aliphatic rings. The molecule has 1 aromatic carbocycles. The molecular formula is C18H18N2O2. The number of aryl methyl sites for hydroxylation is 1. The number of hydrogen-bond donors (Lipinski definition) is 0. The van der Waals surface area contributed by atoms with Gasteiger partial charge in [0.2, 0.25) is 0 Å². The van der Waals surface area contributed by atoms with Crippen LogP contribution in [-0.4, -0.2) is 22.0 Å². The lowest BCUT2D eigenvalue weighted by atomic mass is 10.0. The minimum Gasteiger partial charge on any atom is -0.461 e. The van der Waals surface area contributed by atoms with Crippen molar-refractivity contribution in [2.24, 2.45) is 0 Å². The number of pyridine rings is 1. The average Bonchev–Trinajstić information content (AvgIpc) is 2.89. The smallest absolute Gasteiger partial charge is 0.358 e. The highest BCUT2D eigenvalue weighted by atomic mass is 16.5. The van der Waals surface area contributed by atoms with E-state index in [4.69, 9.17) is 4.74 Å². The SMILES string of the molecule is CCOC(=O)c1nc2ccccn2c1Cc1ccccc1C. The van der Waals surface area contributed by atoms with Crippen molar-refractivity contribution >= 4 is 11.6 Å². The van der Waals surface area contributed by atoms with Crippen LogP contribution < -0.4 is 0 Å². The quantitative estimate of drug-likeness (QED) is 0.693. The van der Waals surface area contributed by atoms with E-state index in [9.17, 15) is 4.79 Å². The first-order valence-corrected chi connectivity index (χ1v) is 7.38. The van der Waals surface area contributed by atoms with Gasteiger partial charge in [0.15, 0.2) is 5.69 Å². The summed E-state index contributed by atoms with van der Waals surface area (Å²) in [6, 6.07) is 13.9. The predicted molar refractivity (Wildman–Crippen MR) is 85.1 cm³/mol. The molecule has 22 heavy (non-hydrogen) atoms. The third-order valence-electron chi connectivity index (χ3n) is 3.72. The van der Waals surface area contributed by atoms with Crippen LogP contribution in [0.25, 0.3) is 5.65 Å². The zero-order chi connectivity index (χ0) is 15.5. The third kappa shape index (κ3) is 2.60. The third-order valence-corrected chi connectivity index (χ3v) is 3.72. The van der Waals surface area contributed by atoms with Crippen molar-refractivity contribution in [2.45, 2.75) is 20.3 Å². The highest BCUT2D eigenvalue weighted by Crippen LogP contribution is 2.19. The van der Waals surface area contributed by atoms with E-state index in [-0.39, 0.29) is 5.97 Å². The molecule has 0 aliphatic carbocycles. The van der Waals surface area contributed by atoms with Crippen LogP contribution >= 0.6 is 0 Å². The largest absolute Gasteiger partial charge is 0.461 e. The highest BCUT2D eigenvalue weighted by molar-refractivity contribution is 5.89. The summed E-state index contributed by atoms with van der Waals surface area (Å²) in [5.41, 5.74) is 4.40. The molecule has 4 nitrogen and oxygen atoms in total. The van der Waals surface area contributed by atoms with Crippen molar-refractivity contribution in [1.29, 1.82) is 0 Å². The normalized spacial score (nSPS) is 10.8. The molecule has 112 valence electrons. The van der Waals surface area contributed by atoms with Crippen LogP contribution in [0.4, 0.5) is 0 Å². The molecule has 0 saturated heterocycles. The molecule has 0 radical (unpaired) electrons. The van der Waals surface area contributed by atoms with Crippen LogP contribution in [0, 0.1) is 6.92 Å². The summed E-state index contributed by atoms with van der Waals surface area (Å²) in [7, 11) is 0. The number of ether oxygens (including phenoxy) is 1. The lowest BCUT2D eigenvalue weighted by Gasteiger charge is -2.07. The van der Waals surface area contributed by atoms with Gasteiger partial charge in [-0.3, -0.25) is 0 Å². The summed E-state index contributed by atoms with van der Waals surface area (Å²) in [6.07, 6.45) is 2.57. The van der Waals surface area contributed by atoms with Crippen LogP contribution in [0.1, 0.15) is 34.2 Å². The number of aromatic nitrogens is 2. The van der Waals surface area contributed by atoms with E-state index in [0.717, 1.165) is 11.3 Å². The Balaban J connectivity index is 2.11. The number of benzene rings is 1. The first kappa shape index (κ1) is 14.3. The standard InChI is InChI=1S/C18H18N2O2/c1-3-22-18(21)17-15(12-14-9-5-4-8-13(14)2)20-11-7-6-10-16(20)19-17/h4-11H,3,12H2,1-2H3. The second kappa shape index (κ2) is 6.02. The van der Waals surface area contributed by atoms with Gasteiger partial charge in [-0.15, -0.1) is 0 Å². The fourth-order valence-corrected chi connectivity index (χ4v) is 2.57. The van der Waals surface area contributed by atoms with E-state index in [1.165, 1.54) is 11.1 Å². The molecule has 3 aromatic rings. The van der Waals surface area contributed by atoms with Crippen molar-refractivity contribution in [2.75, 3.05) is 6.61 Å². The molecule has 0 aliphatic heterocycles. The number of carbonyl (C=O) groups is 1. The number of fused-ring (bicyclic) bond motifs is 1. The molecule has 0 saturated carbocycles. The zero-order valence-electron chi connectivity index (χ0n) is 12.7. The van der Waals surface area contributed by atoms with E-state index >= 15 is 0 Å². The van der Waals surface area contributed by atoms with Crippen LogP contribution in [0.2, 0.25) is 0 Å². The van der Waals surface area contributed by atoms with Crippen LogP contribution in [0.15, 0.2) is 48.7 Å². The molecule has 0 unspecified atom stereocenters. The molecule has 0 bridgehead atoms. The molecule has 0 spiro atoms. The van der Waals surface area contributed by atoms with E-state index < -0.39 is 0 Å². The number of hydrogen-bond acceptors (Lipinski definition) is 3. The Labute approximate surface area is 129 Å². The summed E-state index contributed by atoms with van der Waals surface area (Å²) in [5, 5.41) is 0. The topological polar surface area (TPSA) is 43.6 Å². The van der Waals surface area contributed by atoms with Gasteiger partial charge in [-0.25, -0.2) is 9.78 Å². The van der Waals surface area contributed by atoms with Crippen LogP contribution in [0.5, 0.6) is 0 Å². The highest BCUT2D eigenvalue weighted by Gasteiger charge is 2.20. The minimum absolute atomic E-state index is 0.344. The second-order valence-corrected chi connectivity index (χ2v) is 5.16. The second-order valence-electron chi connectivity index (χ2n) is 5.16. The number of rotatable bonds is 4. The van der Waals surface area contributed by atoms with Crippen molar-refractivity contribution in [3.05, 3.63) is 71.2 Å². The number of esters is 1. The van der Waals surface area contributed by atoms with Gasteiger partial charge in [0.05, 0.1) is 12.3 Å². The Morgan fingerprint density at radius 2 is 1.95 bits per heavy atom. The number of carbonyl (C=O) groups excluding carboxylic acids is 1. The van der Waals surface area contributed by atoms with Crippen molar-refractivity contribution < 1.29 is 9.53 Å². The predicted octanol–water partition coefficient (Wildman–Crippen LogP) is 3.41. The summed E-state index contributed by atoms with van der Waals surface area (Å²) in [6.45, 7) is 4.22. The Morgan fingerprint density at radius 3 is 2.73 bits per heavy atom. The molecule has 0 fully saturated rings. The molecule has 0 amide bonds. The molecule has 3 rings (SSSR count). The van der Waals surface area contributed by atoms with Gasteiger partial charge >= 0.3 is 5.97 Å². The van der Waals surface area contributed by atoms with Gasteiger partial charge in [0.1, 0.15) is 5.65 Å². The zero-order valence-corrected chi connectivity index (χ0v) is 12.7. The van der Waals surface area contributed by atoms with Crippen LogP contribution in [0.3, 0.4) is 0 Å². The molecule has 2 heterocycles. The average molecular weight is 294 g/mol. The Kier molecular flexibility index (Phi) is 3.92. The van der Waals surface area contributed by atoms with Crippen molar-refractivity contribution in [1.82, 2.24) is 9.38 Å². The fraction of sp³-hybridized carbons (Fsp3) is 0.222. The van der Waals surface area contributed by atoms with E-state index in [2.05, 4.69) is 24.0 Å². The van der Waals surface area contributed by atoms with Gasteiger partial charge in [-0.1, -0.05) is 30.3 Å². The van der Waals surface area contributed by atoms with E-state index in [0.29, 0.717) is 18.7 Å². The summed E-state index contributed by atoms with van der Waals surface area (Å²) < 4.78 is 7.11. The molecule has 4 heteroatoms. The molecule has 0 atom stereocenters. The Hall–Kier alpha value is -2.62. The van der Waals surface area contributed by atoms with Gasteiger partial charge in [0, 0.05) is 12.6 Å². The maximum Gasteiger partial charge on any atom is 0.358 e. The van der Waals surface area contributed by atoms with E-state index in [1.807, 2.05) is 40.9 Å². The molecule has 2 aromatic heterocycles. The van der Waals surface area contributed by atoms with Crippen LogP contribution in [-0.2, 0) is 11.2 Å². The monoisotopic (exact) mass is 294 g/mol.